The Labute approximate surface area is 110 Å². The highest BCUT2D eigenvalue weighted by atomic mass is 16.6. The molecule has 7 nitrogen and oxygen atoms in total. The van der Waals surface area contributed by atoms with Gasteiger partial charge in [-0.15, -0.1) is 0 Å². The van der Waals surface area contributed by atoms with Gasteiger partial charge in [-0.1, -0.05) is 0 Å². The first-order chi connectivity index (χ1) is 9.08. The number of carbonyl (C=O) groups excluding carboxylic acids is 1. The van der Waals surface area contributed by atoms with E-state index in [1.807, 2.05) is 0 Å². The van der Waals surface area contributed by atoms with Crippen LogP contribution in [0.4, 0.5) is 5.69 Å². The fourth-order valence-corrected chi connectivity index (χ4v) is 1.48. The fourth-order valence-electron chi connectivity index (χ4n) is 1.48. The number of nitrogens with one attached hydrogen (secondary N) is 1. The topological polar surface area (TPSA) is 102 Å². The molecule has 2 N–H and O–H groups in total. The molecule has 104 valence electrons. The van der Waals surface area contributed by atoms with Crippen molar-refractivity contribution in [2.45, 2.75) is 19.4 Å². The minimum atomic E-state index is -0.533. The van der Waals surface area contributed by atoms with E-state index < -0.39 is 4.92 Å². The number of aliphatic hydroxyl groups excluding tert-OH is 1. The summed E-state index contributed by atoms with van der Waals surface area (Å²) in [4.78, 5) is 21.0. The van der Waals surface area contributed by atoms with Gasteiger partial charge >= 0.3 is 0 Å². The molecule has 0 aliphatic rings. The minimum Gasteiger partial charge on any atom is -0.493 e. The zero-order chi connectivity index (χ0) is 14.3. The number of nitro benzene ring substituents is 1. The van der Waals surface area contributed by atoms with Gasteiger partial charge in [0.25, 0.3) is 5.69 Å². The zero-order valence-electron chi connectivity index (χ0n) is 10.6. The molecule has 1 amide bonds. The highest BCUT2D eigenvalue weighted by Crippen LogP contribution is 2.24. The number of ether oxygens (including phenoxy) is 1. The molecule has 0 spiro atoms. The van der Waals surface area contributed by atoms with Crippen molar-refractivity contribution in [3.63, 3.8) is 0 Å². The predicted octanol–water partition coefficient (Wildman–Crippen LogP) is 0.992. The van der Waals surface area contributed by atoms with Crippen molar-refractivity contribution < 1.29 is 19.6 Å². The van der Waals surface area contributed by atoms with Crippen molar-refractivity contribution in [1.29, 1.82) is 0 Å². The molecule has 0 saturated heterocycles. The predicted molar refractivity (Wildman–Crippen MR) is 67.8 cm³/mol. The van der Waals surface area contributed by atoms with Crippen LogP contribution >= 0.6 is 0 Å². The number of hydrogen-bond acceptors (Lipinski definition) is 5. The lowest BCUT2D eigenvalue weighted by Gasteiger charge is -2.09. The van der Waals surface area contributed by atoms with Crippen molar-refractivity contribution in [2.24, 2.45) is 0 Å². The molecule has 0 heterocycles. The summed E-state index contributed by atoms with van der Waals surface area (Å²) in [6.45, 7) is -0.0370. The van der Waals surface area contributed by atoms with Crippen molar-refractivity contribution in [2.75, 3.05) is 13.7 Å². The second-order valence-corrected chi connectivity index (χ2v) is 3.83. The van der Waals surface area contributed by atoms with E-state index in [-0.39, 0.29) is 18.2 Å². The van der Waals surface area contributed by atoms with Gasteiger partial charge < -0.3 is 15.2 Å². The number of aliphatic hydroxyl groups is 1. The molecule has 0 radical (unpaired) electrons. The van der Waals surface area contributed by atoms with E-state index in [2.05, 4.69) is 5.32 Å². The largest absolute Gasteiger partial charge is 0.493 e. The van der Waals surface area contributed by atoms with Crippen molar-refractivity contribution >= 4 is 11.6 Å². The minimum absolute atomic E-state index is 0.0744. The van der Waals surface area contributed by atoms with Gasteiger partial charge in [-0.05, 0) is 12.5 Å². The molecule has 19 heavy (non-hydrogen) atoms. The number of amides is 1. The smallest absolute Gasteiger partial charge is 0.270 e. The van der Waals surface area contributed by atoms with Gasteiger partial charge in [0.1, 0.15) is 5.75 Å². The molecule has 0 bridgehead atoms. The summed E-state index contributed by atoms with van der Waals surface area (Å²) in [5.74, 6) is 0.319. The summed E-state index contributed by atoms with van der Waals surface area (Å²) in [7, 11) is 1.56. The summed E-state index contributed by atoms with van der Waals surface area (Å²) in [6.07, 6.45) is 0.874. The summed E-state index contributed by atoms with van der Waals surface area (Å²) < 4.78 is 5.40. The third kappa shape index (κ3) is 4.55. The van der Waals surface area contributed by atoms with E-state index in [0.29, 0.717) is 30.8 Å². The maximum Gasteiger partial charge on any atom is 0.270 e. The van der Waals surface area contributed by atoms with Crippen molar-refractivity contribution in [3.05, 3.63) is 33.9 Å². The van der Waals surface area contributed by atoms with Gasteiger partial charge in [0.05, 0.1) is 18.1 Å². The van der Waals surface area contributed by atoms with Gasteiger partial charge in [-0.2, -0.15) is 0 Å². The second-order valence-electron chi connectivity index (χ2n) is 3.83. The van der Waals surface area contributed by atoms with E-state index in [1.54, 1.807) is 7.05 Å². The van der Waals surface area contributed by atoms with Crippen LogP contribution in [0.5, 0.6) is 5.75 Å². The maximum absolute atomic E-state index is 11.0. The molecule has 1 aromatic rings. The van der Waals surface area contributed by atoms with Crippen LogP contribution in [0.25, 0.3) is 0 Å². The quantitative estimate of drug-likeness (QED) is 0.436. The first-order valence-corrected chi connectivity index (χ1v) is 5.80. The van der Waals surface area contributed by atoms with Crippen LogP contribution in [0.2, 0.25) is 0 Å². The van der Waals surface area contributed by atoms with Gasteiger partial charge in [-0.3, -0.25) is 14.9 Å². The number of non-ortho nitro benzene ring substituents is 1. The normalized spacial score (nSPS) is 10.0. The van der Waals surface area contributed by atoms with Crippen LogP contribution in [0.15, 0.2) is 18.2 Å². The highest BCUT2D eigenvalue weighted by Gasteiger charge is 2.11. The molecule has 0 aliphatic carbocycles. The standard InChI is InChI=1S/C12H16N2O5/c1-13-12(16)3-2-6-19-11-5-4-10(14(17)18)7-9(11)8-15/h4-5,7,15H,2-3,6,8H2,1H3,(H,13,16). The Morgan fingerprint density at radius 3 is 2.84 bits per heavy atom. The fraction of sp³-hybridized carbons (Fsp3) is 0.417. The molecule has 1 aromatic carbocycles. The number of rotatable bonds is 7. The van der Waals surface area contributed by atoms with Crippen molar-refractivity contribution in [3.8, 4) is 5.75 Å². The molecule has 0 aromatic heterocycles. The summed E-state index contributed by atoms with van der Waals surface area (Å²) >= 11 is 0. The monoisotopic (exact) mass is 268 g/mol. The lowest BCUT2D eigenvalue weighted by molar-refractivity contribution is -0.385. The van der Waals surface area contributed by atoms with E-state index in [0.717, 1.165) is 0 Å². The summed E-state index contributed by atoms with van der Waals surface area (Å²) in [5.41, 5.74) is 0.260. The molecule has 0 fully saturated rings. The van der Waals surface area contributed by atoms with Crippen LogP contribution in [0.3, 0.4) is 0 Å². The molecule has 0 saturated carbocycles. The van der Waals surface area contributed by atoms with Crippen LogP contribution in [-0.2, 0) is 11.4 Å². The molecule has 1 rings (SSSR count). The first-order valence-electron chi connectivity index (χ1n) is 5.80. The molecular formula is C12H16N2O5. The Hall–Kier alpha value is -2.15. The Morgan fingerprint density at radius 1 is 1.53 bits per heavy atom. The number of carbonyl (C=O) groups is 1. The van der Waals surface area contributed by atoms with Crippen molar-refractivity contribution in [1.82, 2.24) is 5.32 Å². The Kier molecular flexibility index (Phi) is 5.74. The van der Waals surface area contributed by atoms with Crippen LogP contribution < -0.4 is 10.1 Å². The number of hydrogen-bond donors (Lipinski definition) is 2. The Balaban J connectivity index is 2.58. The third-order valence-corrected chi connectivity index (χ3v) is 2.51. The maximum atomic E-state index is 11.0. The summed E-state index contributed by atoms with van der Waals surface area (Å²) in [5, 5.41) is 22.2. The average Bonchev–Trinajstić information content (AvgIpc) is 2.42. The molecule has 7 heteroatoms. The first kappa shape index (κ1) is 14.9. The second kappa shape index (κ2) is 7.32. The van der Waals surface area contributed by atoms with Gasteiger partial charge in [0.15, 0.2) is 0 Å². The molecular weight excluding hydrogens is 252 g/mol. The van der Waals surface area contributed by atoms with Gasteiger partial charge in [0, 0.05) is 31.2 Å². The van der Waals surface area contributed by atoms with Crippen LogP contribution in [0.1, 0.15) is 18.4 Å². The average molecular weight is 268 g/mol. The Morgan fingerprint density at radius 2 is 2.26 bits per heavy atom. The van der Waals surface area contributed by atoms with E-state index in [1.165, 1.54) is 18.2 Å². The number of nitro groups is 1. The zero-order valence-corrected chi connectivity index (χ0v) is 10.6. The molecule has 0 atom stereocenters. The molecule has 0 unspecified atom stereocenters. The lowest BCUT2D eigenvalue weighted by atomic mass is 10.2. The van der Waals surface area contributed by atoms with Gasteiger partial charge in [-0.25, -0.2) is 0 Å². The molecule has 0 aliphatic heterocycles. The lowest BCUT2D eigenvalue weighted by Crippen LogP contribution is -2.18. The van der Waals surface area contributed by atoms with E-state index in [4.69, 9.17) is 9.84 Å². The Bertz CT molecular complexity index is 461. The number of benzene rings is 1. The third-order valence-electron chi connectivity index (χ3n) is 2.51. The van der Waals surface area contributed by atoms with E-state index >= 15 is 0 Å². The number of nitrogens with zero attached hydrogens (tertiary/aromatic N) is 1. The van der Waals surface area contributed by atoms with E-state index in [9.17, 15) is 14.9 Å². The van der Waals surface area contributed by atoms with Crippen LogP contribution in [-0.4, -0.2) is 29.6 Å². The summed E-state index contributed by atoms with van der Waals surface area (Å²) in [6, 6.07) is 4.03. The van der Waals surface area contributed by atoms with Gasteiger partial charge in [0.2, 0.25) is 5.91 Å². The SMILES string of the molecule is CNC(=O)CCCOc1ccc([N+](=O)[O-])cc1CO. The highest BCUT2D eigenvalue weighted by molar-refractivity contribution is 5.75. The van der Waals surface area contributed by atoms with Crippen LogP contribution in [0, 0.1) is 10.1 Å².